The van der Waals surface area contributed by atoms with E-state index >= 15 is 0 Å². The van der Waals surface area contributed by atoms with Crippen molar-refractivity contribution in [3.63, 3.8) is 0 Å². The molecule has 3 aromatic rings. The van der Waals surface area contributed by atoms with E-state index in [1.165, 1.54) is 18.2 Å². The number of phenols is 2. The van der Waals surface area contributed by atoms with Gasteiger partial charge in [0, 0.05) is 23.9 Å². The first-order valence-electron chi connectivity index (χ1n) is 9.18. The molecule has 1 amide bonds. The highest BCUT2D eigenvalue weighted by Gasteiger charge is 2.26. The Morgan fingerprint density at radius 1 is 1.04 bits per heavy atom. The molecule has 0 unspecified atom stereocenters. The molecule has 0 saturated carbocycles. The van der Waals surface area contributed by atoms with E-state index in [-0.39, 0.29) is 23.0 Å². The molecule has 0 aliphatic carbocycles. The summed E-state index contributed by atoms with van der Waals surface area (Å²) >= 11 is 0. The lowest BCUT2D eigenvalue weighted by Crippen LogP contribution is -2.35. The van der Waals surface area contributed by atoms with Gasteiger partial charge >= 0.3 is 0 Å². The third-order valence-corrected chi connectivity index (χ3v) is 5.07. The Balaban J connectivity index is 1.71. The summed E-state index contributed by atoms with van der Waals surface area (Å²) in [4.78, 5) is 14.7. The normalized spacial score (nSPS) is 13.1. The van der Waals surface area contributed by atoms with Crippen molar-refractivity contribution in [3.8, 4) is 28.4 Å². The summed E-state index contributed by atoms with van der Waals surface area (Å²) in [6.07, 6.45) is 1.72. The summed E-state index contributed by atoms with van der Waals surface area (Å²) < 4.78 is 5.47. The Bertz CT molecular complexity index is 1040. The number of amides is 1. The van der Waals surface area contributed by atoms with Crippen LogP contribution < -0.4 is 9.64 Å². The van der Waals surface area contributed by atoms with Crippen LogP contribution in [-0.4, -0.2) is 29.8 Å². The molecule has 28 heavy (non-hydrogen) atoms. The maximum atomic E-state index is 13.0. The van der Waals surface area contributed by atoms with Crippen molar-refractivity contribution in [1.82, 2.24) is 0 Å². The van der Waals surface area contributed by atoms with Crippen LogP contribution in [0.3, 0.4) is 0 Å². The van der Waals surface area contributed by atoms with Crippen molar-refractivity contribution in [2.75, 3.05) is 18.6 Å². The summed E-state index contributed by atoms with van der Waals surface area (Å²) in [6, 6.07) is 17.9. The van der Waals surface area contributed by atoms with E-state index in [1.807, 2.05) is 36.4 Å². The number of fused-ring (bicyclic) bond motifs is 1. The number of methoxy groups -OCH3 is 1. The van der Waals surface area contributed by atoms with E-state index in [0.717, 1.165) is 41.0 Å². The lowest BCUT2D eigenvalue weighted by molar-refractivity contribution is 0.0982. The fraction of sp³-hybridized carbons (Fsp3) is 0.174. The average molecular weight is 375 g/mol. The van der Waals surface area contributed by atoms with Gasteiger partial charge in [-0.2, -0.15) is 0 Å². The number of carbonyl (C=O) groups is 1. The fourth-order valence-electron chi connectivity index (χ4n) is 3.71. The third-order valence-electron chi connectivity index (χ3n) is 5.07. The standard InChI is InChI=1S/C23H21NO4/c1-28-22-7-3-2-6-18(22)15-8-11-20-16(13-15)5-4-12-24(20)23(27)19-10-9-17(25)14-21(19)26/h2-3,6-11,13-14,25-26H,4-5,12H2,1H3. The van der Waals surface area contributed by atoms with Crippen LogP contribution >= 0.6 is 0 Å². The number of anilines is 1. The number of aryl methyl sites for hydroxylation is 1. The maximum absolute atomic E-state index is 13.0. The van der Waals surface area contributed by atoms with Crippen molar-refractivity contribution in [2.45, 2.75) is 12.8 Å². The highest BCUT2D eigenvalue weighted by molar-refractivity contribution is 6.08. The molecule has 4 rings (SSSR count). The molecule has 1 aliphatic rings. The highest BCUT2D eigenvalue weighted by atomic mass is 16.5. The van der Waals surface area contributed by atoms with Crippen molar-refractivity contribution in [2.24, 2.45) is 0 Å². The van der Waals surface area contributed by atoms with Gasteiger partial charge in [0.25, 0.3) is 5.91 Å². The number of rotatable bonds is 3. The summed E-state index contributed by atoms with van der Waals surface area (Å²) in [5.74, 6) is 0.237. The fourth-order valence-corrected chi connectivity index (χ4v) is 3.71. The smallest absolute Gasteiger partial charge is 0.262 e. The predicted molar refractivity (Wildman–Crippen MR) is 108 cm³/mol. The first-order chi connectivity index (χ1) is 13.6. The van der Waals surface area contributed by atoms with E-state index in [0.29, 0.717) is 6.54 Å². The second-order valence-electron chi connectivity index (χ2n) is 6.81. The Morgan fingerprint density at radius 2 is 1.86 bits per heavy atom. The largest absolute Gasteiger partial charge is 0.508 e. The van der Waals surface area contributed by atoms with Crippen molar-refractivity contribution in [3.05, 3.63) is 71.8 Å². The van der Waals surface area contributed by atoms with Crippen LogP contribution in [0.25, 0.3) is 11.1 Å². The predicted octanol–water partition coefficient (Wildman–Crippen LogP) is 4.37. The zero-order valence-electron chi connectivity index (χ0n) is 15.6. The van der Waals surface area contributed by atoms with Gasteiger partial charge < -0.3 is 19.8 Å². The van der Waals surface area contributed by atoms with Crippen LogP contribution in [-0.2, 0) is 6.42 Å². The first-order valence-corrected chi connectivity index (χ1v) is 9.18. The second kappa shape index (κ2) is 7.27. The van der Waals surface area contributed by atoms with E-state index in [4.69, 9.17) is 4.74 Å². The van der Waals surface area contributed by atoms with Gasteiger partial charge in [0.15, 0.2) is 0 Å². The SMILES string of the molecule is COc1ccccc1-c1ccc2c(c1)CCCN2C(=O)c1ccc(O)cc1O. The molecule has 0 radical (unpaired) electrons. The molecule has 5 nitrogen and oxygen atoms in total. The number of hydrogen-bond donors (Lipinski definition) is 2. The number of carbonyl (C=O) groups excluding carboxylic acids is 1. The van der Waals surface area contributed by atoms with E-state index in [2.05, 4.69) is 6.07 Å². The molecule has 0 bridgehead atoms. The third kappa shape index (κ3) is 3.16. The average Bonchev–Trinajstić information content (AvgIpc) is 2.72. The van der Waals surface area contributed by atoms with Gasteiger partial charge in [-0.3, -0.25) is 4.79 Å². The zero-order chi connectivity index (χ0) is 19.7. The minimum absolute atomic E-state index is 0.0745. The van der Waals surface area contributed by atoms with Gasteiger partial charge in [0.2, 0.25) is 0 Å². The molecule has 0 atom stereocenters. The second-order valence-corrected chi connectivity index (χ2v) is 6.81. The Kier molecular flexibility index (Phi) is 4.65. The van der Waals surface area contributed by atoms with Crippen LogP contribution in [0.2, 0.25) is 0 Å². The van der Waals surface area contributed by atoms with Gasteiger partial charge in [-0.25, -0.2) is 0 Å². The van der Waals surface area contributed by atoms with Gasteiger partial charge in [0.1, 0.15) is 17.2 Å². The summed E-state index contributed by atoms with van der Waals surface area (Å²) in [7, 11) is 1.65. The van der Waals surface area contributed by atoms with Crippen LogP contribution in [0.5, 0.6) is 17.2 Å². The van der Waals surface area contributed by atoms with E-state index in [9.17, 15) is 15.0 Å². The molecular formula is C23H21NO4. The number of ether oxygens (including phenoxy) is 1. The number of nitrogens with zero attached hydrogens (tertiary/aromatic N) is 1. The molecular weight excluding hydrogens is 354 g/mol. The summed E-state index contributed by atoms with van der Waals surface area (Å²) in [6.45, 7) is 0.583. The zero-order valence-corrected chi connectivity index (χ0v) is 15.6. The Labute approximate surface area is 163 Å². The van der Waals surface area contributed by atoms with Crippen molar-refractivity contribution < 1.29 is 19.7 Å². The van der Waals surface area contributed by atoms with E-state index in [1.54, 1.807) is 12.0 Å². The number of benzene rings is 3. The summed E-state index contributed by atoms with van der Waals surface area (Å²) in [5, 5.41) is 19.5. The Hall–Kier alpha value is -3.47. The van der Waals surface area contributed by atoms with Gasteiger partial charge in [-0.05, 0) is 54.3 Å². The molecule has 0 fully saturated rings. The molecule has 1 aliphatic heterocycles. The Morgan fingerprint density at radius 3 is 2.64 bits per heavy atom. The molecule has 3 aromatic carbocycles. The number of hydrogen-bond acceptors (Lipinski definition) is 4. The topological polar surface area (TPSA) is 70.0 Å². The minimum Gasteiger partial charge on any atom is -0.508 e. The lowest BCUT2D eigenvalue weighted by atomic mass is 9.95. The van der Waals surface area contributed by atoms with Crippen molar-refractivity contribution >= 4 is 11.6 Å². The molecule has 0 aromatic heterocycles. The molecule has 5 heteroatoms. The van der Waals surface area contributed by atoms with Crippen molar-refractivity contribution in [1.29, 1.82) is 0 Å². The molecule has 1 heterocycles. The van der Waals surface area contributed by atoms with Crippen LogP contribution in [0.4, 0.5) is 5.69 Å². The summed E-state index contributed by atoms with van der Waals surface area (Å²) in [5.41, 5.74) is 4.16. The number of aromatic hydroxyl groups is 2. The number of para-hydroxylation sites is 1. The first kappa shape index (κ1) is 17.9. The van der Waals surface area contributed by atoms with Crippen LogP contribution in [0, 0.1) is 0 Å². The van der Waals surface area contributed by atoms with Gasteiger partial charge in [-0.15, -0.1) is 0 Å². The molecule has 142 valence electrons. The molecule has 0 spiro atoms. The molecule has 2 N–H and O–H groups in total. The molecule has 0 saturated heterocycles. The van der Waals surface area contributed by atoms with Gasteiger partial charge in [0.05, 0.1) is 12.7 Å². The minimum atomic E-state index is -0.275. The van der Waals surface area contributed by atoms with Gasteiger partial charge in [-0.1, -0.05) is 24.3 Å². The lowest BCUT2D eigenvalue weighted by Gasteiger charge is -2.30. The monoisotopic (exact) mass is 375 g/mol. The van der Waals surface area contributed by atoms with E-state index < -0.39 is 0 Å². The maximum Gasteiger partial charge on any atom is 0.262 e. The van der Waals surface area contributed by atoms with Crippen LogP contribution in [0.15, 0.2) is 60.7 Å². The quantitative estimate of drug-likeness (QED) is 0.713. The highest BCUT2D eigenvalue weighted by Crippen LogP contribution is 2.36. The van der Waals surface area contributed by atoms with Crippen LogP contribution in [0.1, 0.15) is 22.3 Å². The number of phenolic OH excluding ortho intramolecular Hbond substituents is 2.